The molecule has 0 spiro atoms. The van der Waals surface area contributed by atoms with E-state index < -0.39 is 23.8 Å². The number of hydrogen-bond acceptors (Lipinski definition) is 3. The highest BCUT2D eigenvalue weighted by Crippen LogP contribution is 2.31. The second-order valence-electron chi connectivity index (χ2n) is 4.69. The van der Waals surface area contributed by atoms with E-state index in [0.29, 0.717) is 11.5 Å². The molecule has 2 aromatic rings. The fourth-order valence-corrected chi connectivity index (χ4v) is 1.69. The molecule has 0 radical (unpaired) electrons. The van der Waals surface area contributed by atoms with Gasteiger partial charge in [0.15, 0.2) is 6.10 Å². The monoisotopic (exact) mass is 362 g/mol. The normalized spacial score (nSPS) is 12.0. The number of halogens is 4. The van der Waals surface area contributed by atoms with Crippen molar-refractivity contribution < 1.29 is 32.5 Å². The van der Waals surface area contributed by atoms with Crippen LogP contribution in [0.2, 0.25) is 0 Å². The van der Waals surface area contributed by atoms with Gasteiger partial charge in [0, 0.05) is 0 Å². The molecule has 0 saturated heterocycles. The molecular weight excluding hydrogens is 349 g/mol. The van der Waals surface area contributed by atoms with Crippen LogP contribution in [0, 0.1) is 0 Å². The van der Waals surface area contributed by atoms with Crippen LogP contribution >= 0.6 is 12.4 Å². The molecule has 0 saturated carbocycles. The summed E-state index contributed by atoms with van der Waals surface area (Å²) in [7, 11) is 0. The van der Waals surface area contributed by atoms with Crippen LogP contribution in [0.5, 0.6) is 17.2 Å². The van der Waals surface area contributed by atoms with Gasteiger partial charge in [0.1, 0.15) is 17.2 Å². The van der Waals surface area contributed by atoms with Crippen molar-refractivity contribution >= 4 is 18.4 Å². The van der Waals surface area contributed by atoms with E-state index in [9.17, 15) is 18.0 Å². The number of ether oxygens (including phenoxy) is 2. The molecule has 24 heavy (non-hydrogen) atoms. The van der Waals surface area contributed by atoms with Gasteiger partial charge in [-0.3, -0.25) is 0 Å². The largest absolute Gasteiger partial charge is 0.479 e. The van der Waals surface area contributed by atoms with E-state index in [4.69, 9.17) is 14.6 Å². The highest BCUT2D eigenvalue weighted by atomic mass is 35.5. The number of carboxylic acids is 1. The zero-order valence-electron chi connectivity index (χ0n) is 12.4. The lowest BCUT2D eigenvalue weighted by molar-refractivity contribution is -0.144. The van der Waals surface area contributed by atoms with Crippen molar-refractivity contribution in [1.29, 1.82) is 0 Å². The average Bonchev–Trinajstić information content (AvgIpc) is 2.49. The second-order valence-corrected chi connectivity index (χ2v) is 4.69. The van der Waals surface area contributed by atoms with Crippen molar-refractivity contribution in [2.24, 2.45) is 0 Å². The minimum Gasteiger partial charge on any atom is -0.479 e. The fraction of sp³-hybridized carbons (Fsp3) is 0.188. The van der Waals surface area contributed by atoms with Crippen molar-refractivity contribution in [3.8, 4) is 17.2 Å². The molecule has 0 aliphatic rings. The Kier molecular flexibility index (Phi) is 6.48. The number of aliphatic carboxylic acids is 1. The van der Waals surface area contributed by atoms with E-state index in [1.807, 2.05) is 0 Å². The van der Waals surface area contributed by atoms with Gasteiger partial charge in [0.2, 0.25) is 0 Å². The van der Waals surface area contributed by atoms with Gasteiger partial charge in [0.05, 0.1) is 5.56 Å². The summed E-state index contributed by atoms with van der Waals surface area (Å²) in [6.45, 7) is 1.40. The Morgan fingerprint density at radius 3 is 1.79 bits per heavy atom. The van der Waals surface area contributed by atoms with Gasteiger partial charge in [-0.2, -0.15) is 13.2 Å². The van der Waals surface area contributed by atoms with Gasteiger partial charge in [-0.05, 0) is 55.5 Å². The zero-order chi connectivity index (χ0) is 17.0. The van der Waals surface area contributed by atoms with Crippen molar-refractivity contribution in [3.63, 3.8) is 0 Å². The molecule has 1 atom stereocenters. The molecule has 2 aromatic carbocycles. The SMILES string of the molecule is CC(Oc1ccc(Oc2ccc(C(F)(F)F)cc2)cc1)C(=O)O.Cl. The summed E-state index contributed by atoms with van der Waals surface area (Å²) in [5.74, 6) is -0.0968. The number of carbonyl (C=O) groups is 1. The minimum atomic E-state index is -4.39. The minimum absolute atomic E-state index is 0. The van der Waals surface area contributed by atoms with Gasteiger partial charge in [-0.1, -0.05) is 0 Å². The smallest absolute Gasteiger partial charge is 0.416 e. The van der Waals surface area contributed by atoms with E-state index in [0.717, 1.165) is 12.1 Å². The number of alkyl halides is 3. The summed E-state index contributed by atoms with van der Waals surface area (Å²) in [6, 6.07) is 10.4. The third-order valence-corrected chi connectivity index (χ3v) is 2.90. The molecule has 0 aliphatic carbocycles. The molecule has 0 amide bonds. The standard InChI is InChI=1S/C16H13F3O4.ClH/c1-10(15(20)21)22-12-6-8-14(9-7-12)23-13-4-2-11(3-5-13)16(17,18)19;/h2-10H,1H3,(H,20,21);1H. The van der Waals surface area contributed by atoms with Crippen molar-refractivity contribution in [3.05, 3.63) is 54.1 Å². The Hall–Kier alpha value is -2.41. The Balaban J connectivity index is 0.00000288. The van der Waals surface area contributed by atoms with E-state index in [2.05, 4.69) is 0 Å². The first kappa shape index (κ1) is 19.6. The average molecular weight is 363 g/mol. The molecule has 1 N–H and O–H groups in total. The molecule has 130 valence electrons. The predicted octanol–water partition coefficient (Wildman–Crippen LogP) is 4.77. The van der Waals surface area contributed by atoms with Gasteiger partial charge < -0.3 is 14.6 Å². The van der Waals surface area contributed by atoms with Crippen LogP contribution in [0.25, 0.3) is 0 Å². The Labute approximate surface area is 142 Å². The first-order chi connectivity index (χ1) is 10.8. The summed E-state index contributed by atoms with van der Waals surface area (Å²) in [4.78, 5) is 10.7. The van der Waals surface area contributed by atoms with E-state index in [-0.39, 0.29) is 18.2 Å². The fourth-order valence-electron chi connectivity index (χ4n) is 1.69. The molecule has 8 heteroatoms. The lowest BCUT2D eigenvalue weighted by atomic mass is 10.2. The summed E-state index contributed by atoms with van der Waals surface area (Å²) in [6.07, 6.45) is -5.38. The molecule has 0 aliphatic heterocycles. The topological polar surface area (TPSA) is 55.8 Å². The number of hydrogen-bond donors (Lipinski definition) is 1. The Morgan fingerprint density at radius 1 is 0.958 bits per heavy atom. The third kappa shape index (κ3) is 5.34. The maximum atomic E-state index is 12.5. The maximum Gasteiger partial charge on any atom is 0.416 e. The predicted molar refractivity (Wildman–Crippen MR) is 82.9 cm³/mol. The number of rotatable bonds is 5. The Morgan fingerprint density at radius 2 is 1.38 bits per heavy atom. The Bertz CT molecular complexity index is 669. The van der Waals surface area contributed by atoms with Gasteiger partial charge in [-0.15, -0.1) is 12.4 Å². The molecule has 0 heterocycles. The highest BCUT2D eigenvalue weighted by Gasteiger charge is 2.30. The maximum absolute atomic E-state index is 12.5. The first-order valence-electron chi connectivity index (χ1n) is 6.60. The summed E-state index contributed by atoms with van der Waals surface area (Å²) in [5, 5.41) is 8.74. The van der Waals surface area contributed by atoms with E-state index in [1.54, 1.807) is 0 Å². The highest BCUT2D eigenvalue weighted by molar-refractivity contribution is 5.85. The van der Waals surface area contributed by atoms with Crippen LogP contribution in [0.4, 0.5) is 13.2 Å². The summed E-state index contributed by atoms with van der Waals surface area (Å²) >= 11 is 0. The van der Waals surface area contributed by atoms with Crippen LogP contribution in [0.1, 0.15) is 12.5 Å². The first-order valence-corrected chi connectivity index (χ1v) is 6.60. The number of benzene rings is 2. The van der Waals surface area contributed by atoms with Gasteiger partial charge in [0.25, 0.3) is 0 Å². The molecule has 2 rings (SSSR count). The summed E-state index contributed by atoms with van der Waals surface area (Å²) < 4.78 is 47.9. The van der Waals surface area contributed by atoms with Crippen LogP contribution in [-0.2, 0) is 11.0 Å². The number of carboxylic acid groups (broad SMARTS) is 1. The van der Waals surface area contributed by atoms with Gasteiger partial charge in [-0.25, -0.2) is 4.79 Å². The van der Waals surface area contributed by atoms with Crippen LogP contribution < -0.4 is 9.47 Å². The molecule has 0 aromatic heterocycles. The second kappa shape index (κ2) is 7.92. The lowest BCUT2D eigenvalue weighted by Gasteiger charge is -2.11. The molecule has 1 unspecified atom stereocenters. The lowest BCUT2D eigenvalue weighted by Crippen LogP contribution is -2.22. The zero-order valence-corrected chi connectivity index (χ0v) is 13.2. The van der Waals surface area contributed by atoms with Crippen molar-refractivity contribution in [2.75, 3.05) is 0 Å². The van der Waals surface area contributed by atoms with E-state index >= 15 is 0 Å². The third-order valence-electron chi connectivity index (χ3n) is 2.90. The van der Waals surface area contributed by atoms with E-state index in [1.165, 1.54) is 43.3 Å². The van der Waals surface area contributed by atoms with Gasteiger partial charge >= 0.3 is 12.1 Å². The molecule has 0 fully saturated rings. The molecule has 4 nitrogen and oxygen atoms in total. The van der Waals surface area contributed by atoms with Crippen molar-refractivity contribution in [2.45, 2.75) is 19.2 Å². The van der Waals surface area contributed by atoms with Crippen LogP contribution in [0.15, 0.2) is 48.5 Å². The van der Waals surface area contributed by atoms with Crippen molar-refractivity contribution in [1.82, 2.24) is 0 Å². The molecule has 0 bridgehead atoms. The molecular formula is C16H14ClF3O4. The quantitative estimate of drug-likeness (QED) is 0.832. The summed E-state index contributed by atoms with van der Waals surface area (Å²) in [5.41, 5.74) is -0.753. The van der Waals surface area contributed by atoms with Crippen LogP contribution in [-0.4, -0.2) is 17.2 Å². The van der Waals surface area contributed by atoms with Crippen LogP contribution in [0.3, 0.4) is 0 Å².